The standard InChI is InChI=1S/C25H24N2O7/c28-20(15-14-17-9-3-1-4-10-17)22-23(18-11-6-7-12-19(18)27(33)34)26(25(32)24(22)31)16-8-2-5-13-21(29)30/h1,3-4,6-7,9-12,14-15,23,31H,2,5,8,13,16H2,(H,29,30)/b15-14+/t23-/m1/s1. The van der Waals surface area contributed by atoms with Gasteiger partial charge in [-0.2, -0.15) is 0 Å². The van der Waals surface area contributed by atoms with E-state index in [-0.39, 0.29) is 29.8 Å². The number of carboxylic acid groups (broad SMARTS) is 1. The second kappa shape index (κ2) is 11.0. The zero-order chi connectivity index (χ0) is 24.7. The Kier molecular flexibility index (Phi) is 7.92. The molecule has 0 saturated heterocycles. The highest BCUT2D eigenvalue weighted by atomic mass is 16.6. The van der Waals surface area contributed by atoms with E-state index in [1.165, 1.54) is 35.3 Å². The molecule has 1 aliphatic rings. The lowest BCUT2D eigenvalue weighted by Gasteiger charge is -2.26. The predicted octanol–water partition coefficient (Wildman–Crippen LogP) is 4.22. The Morgan fingerprint density at radius 2 is 1.71 bits per heavy atom. The summed E-state index contributed by atoms with van der Waals surface area (Å²) in [5.41, 5.74) is 0.352. The van der Waals surface area contributed by atoms with E-state index in [1.807, 2.05) is 6.07 Å². The number of ketones is 1. The van der Waals surface area contributed by atoms with Gasteiger partial charge in [-0.3, -0.25) is 24.5 Å². The number of benzene rings is 2. The van der Waals surface area contributed by atoms with Crippen LogP contribution in [-0.2, 0) is 14.4 Å². The van der Waals surface area contributed by atoms with Crippen molar-refractivity contribution in [1.29, 1.82) is 0 Å². The molecule has 1 aliphatic heterocycles. The topological polar surface area (TPSA) is 138 Å². The molecule has 0 aliphatic carbocycles. The number of unbranched alkanes of at least 4 members (excludes halogenated alkanes) is 2. The number of rotatable bonds is 11. The van der Waals surface area contributed by atoms with Crippen LogP contribution in [0.15, 0.2) is 72.0 Å². The first-order chi connectivity index (χ1) is 16.3. The average molecular weight is 464 g/mol. The van der Waals surface area contributed by atoms with Gasteiger partial charge in [0.05, 0.1) is 22.1 Å². The lowest BCUT2D eigenvalue weighted by molar-refractivity contribution is -0.385. The molecule has 0 spiro atoms. The summed E-state index contributed by atoms with van der Waals surface area (Å²) in [6.07, 6.45) is 4.06. The van der Waals surface area contributed by atoms with E-state index >= 15 is 0 Å². The van der Waals surface area contributed by atoms with Gasteiger partial charge >= 0.3 is 5.97 Å². The summed E-state index contributed by atoms with van der Waals surface area (Å²) in [6.45, 7) is 0.0956. The third-order valence-corrected chi connectivity index (χ3v) is 5.51. The highest BCUT2D eigenvalue weighted by Crippen LogP contribution is 2.41. The Morgan fingerprint density at radius 3 is 2.38 bits per heavy atom. The quantitative estimate of drug-likeness (QED) is 0.220. The van der Waals surface area contributed by atoms with Gasteiger partial charge in [0.1, 0.15) is 0 Å². The number of nitro benzene ring substituents is 1. The fourth-order valence-corrected chi connectivity index (χ4v) is 3.91. The van der Waals surface area contributed by atoms with Crippen molar-refractivity contribution in [3.63, 3.8) is 0 Å². The molecule has 176 valence electrons. The van der Waals surface area contributed by atoms with Gasteiger partial charge in [0.25, 0.3) is 11.6 Å². The lowest BCUT2D eigenvalue weighted by Crippen LogP contribution is -2.32. The second-order valence-corrected chi connectivity index (χ2v) is 7.79. The number of nitrogens with zero attached hydrogens (tertiary/aromatic N) is 2. The molecule has 2 aromatic rings. The minimum atomic E-state index is -1.14. The van der Waals surface area contributed by atoms with Crippen molar-refractivity contribution in [3.8, 4) is 0 Å². The van der Waals surface area contributed by atoms with Crippen molar-refractivity contribution in [2.75, 3.05) is 6.54 Å². The van der Waals surface area contributed by atoms with Crippen LogP contribution in [0.4, 0.5) is 5.69 Å². The van der Waals surface area contributed by atoms with Crippen molar-refractivity contribution in [2.45, 2.75) is 31.7 Å². The Hall–Kier alpha value is -4.27. The van der Waals surface area contributed by atoms with E-state index in [2.05, 4.69) is 0 Å². The number of para-hydroxylation sites is 1. The average Bonchev–Trinajstić information content (AvgIpc) is 3.07. The van der Waals surface area contributed by atoms with Gasteiger partial charge in [-0.25, -0.2) is 0 Å². The number of hydrogen-bond acceptors (Lipinski definition) is 6. The maximum absolute atomic E-state index is 13.1. The minimum absolute atomic E-state index is 0.0148. The van der Waals surface area contributed by atoms with Crippen LogP contribution >= 0.6 is 0 Å². The zero-order valence-electron chi connectivity index (χ0n) is 18.3. The molecule has 0 saturated carbocycles. The number of carboxylic acids is 1. The molecule has 1 atom stereocenters. The first kappa shape index (κ1) is 24.4. The van der Waals surface area contributed by atoms with Crippen LogP contribution in [0, 0.1) is 10.1 Å². The fraction of sp³-hybridized carbons (Fsp3) is 0.240. The van der Waals surface area contributed by atoms with Crippen LogP contribution in [0.5, 0.6) is 0 Å². The van der Waals surface area contributed by atoms with Gasteiger partial charge in [-0.15, -0.1) is 0 Å². The number of aliphatic hydroxyl groups excluding tert-OH is 1. The van der Waals surface area contributed by atoms with Crippen LogP contribution in [0.2, 0.25) is 0 Å². The van der Waals surface area contributed by atoms with Crippen molar-refractivity contribution >= 4 is 29.4 Å². The molecule has 0 aromatic heterocycles. The summed E-state index contributed by atoms with van der Waals surface area (Å²) in [5.74, 6) is -3.09. The summed E-state index contributed by atoms with van der Waals surface area (Å²) < 4.78 is 0. The first-order valence-corrected chi connectivity index (χ1v) is 10.8. The van der Waals surface area contributed by atoms with Crippen LogP contribution in [0.25, 0.3) is 6.08 Å². The maximum Gasteiger partial charge on any atom is 0.303 e. The first-order valence-electron chi connectivity index (χ1n) is 10.8. The summed E-state index contributed by atoms with van der Waals surface area (Å²) in [5, 5.41) is 31.1. The molecule has 0 radical (unpaired) electrons. The Labute approximate surface area is 195 Å². The summed E-state index contributed by atoms with van der Waals surface area (Å²) in [6, 6.07) is 13.6. The number of carbonyl (C=O) groups excluding carboxylic acids is 2. The minimum Gasteiger partial charge on any atom is -0.503 e. The van der Waals surface area contributed by atoms with E-state index in [0.717, 1.165) is 5.56 Å². The van der Waals surface area contributed by atoms with Crippen LogP contribution in [-0.4, -0.2) is 44.2 Å². The fourth-order valence-electron chi connectivity index (χ4n) is 3.91. The Bertz CT molecular complexity index is 1150. The van der Waals surface area contributed by atoms with Crippen molar-refractivity contribution in [2.24, 2.45) is 0 Å². The SMILES string of the molecule is O=C(O)CCCCCN1C(=O)C(O)=C(C(=O)/C=C/c2ccccc2)[C@H]1c1ccccc1[N+](=O)[O-]. The summed E-state index contributed by atoms with van der Waals surface area (Å²) in [7, 11) is 0. The monoisotopic (exact) mass is 464 g/mol. The number of carbonyl (C=O) groups is 3. The number of aliphatic hydroxyl groups is 1. The van der Waals surface area contributed by atoms with Crippen molar-refractivity contribution in [1.82, 2.24) is 4.90 Å². The molecule has 2 N–H and O–H groups in total. The molecule has 0 fully saturated rings. The number of aliphatic carboxylic acids is 1. The van der Waals surface area contributed by atoms with Crippen LogP contribution in [0.1, 0.15) is 42.9 Å². The summed E-state index contributed by atoms with van der Waals surface area (Å²) >= 11 is 0. The normalized spacial score (nSPS) is 15.8. The van der Waals surface area contributed by atoms with Crippen LogP contribution < -0.4 is 0 Å². The van der Waals surface area contributed by atoms with Gasteiger partial charge in [-0.05, 0) is 30.5 Å². The van der Waals surface area contributed by atoms with Gasteiger partial charge in [0.2, 0.25) is 0 Å². The van der Waals surface area contributed by atoms with Crippen molar-refractivity contribution in [3.05, 3.63) is 93.2 Å². The lowest BCUT2D eigenvalue weighted by atomic mass is 9.94. The molecule has 1 amide bonds. The van der Waals surface area contributed by atoms with Gasteiger partial charge in [-0.1, -0.05) is 55.0 Å². The molecule has 9 nitrogen and oxygen atoms in total. The number of nitro groups is 1. The van der Waals surface area contributed by atoms with Gasteiger partial charge < -0.3 is 15.1 Å². The van der Waals surface area contributed by atoms with Gasteiger partial charge in [0.15, 0.2) is 11.5 Å². The smallest absolute Gasteiger partial charge is 0.303 e. The largest absolute Gasteiger partial charge is 0.503 e. The molecule has 2 aromatic carbocycles. The Balaban J connectivity index is 1.94. The number of amides is 1. The van der Waals surface area contributed by atoms with Gasteiger partial charge in [0, 0.05) is 19.0 Å². The zero-order valence-corrected chi connectivity index (χ0v) is 18.3. The number of hydrogen-bond donors (Lipinski definition) is 2. The van der Waals surface area contributed by atoms with Crippen molar-refractivity contribution < 1.29 is 29.5 Å². The second-order valence-electron chi connectivity index (χ2n) is 7.79. The van der Waals surface area contributed by atoms with E-state index in [0.29, 0.717) is 19.3 Å². The summed E-state index contributed by atoms with van der Waals surface area (Å²) in [4.78, 5) is 49.1. The third kappa shape index (κ3) is 5.55. The van der Waals surface area contributed by atoms with E-state index in [4.69, 9.17) is 5.11 Å². The molecule has 34 heavy (non-hydrogen) atoms. The number of allylic oxidation sites excluding steroid dienone is 1. The molecule has 1 heterocycles. The predicted molar refractivity (Wildman–Crippen MR) is 124 cm³/mol. The molecule has 0 unspecified atom stereocenters. The Morgan fingerprint density at radius 1 is 1.03 bits per heavy atom. The molecule has 9 heteroatoms. The highest BCUT2D eigenvalue weighted by molar-refractivity contribution is 6.14. The van der Waals surface area contributed by atoms with E-state index < -0.39 is 34.4 Å². The third-order valence-electron chi connectivity index (χ3n) is 5.51. The maximum atomic E-state index is 13.1. The highest BCUT2D eigenvalue weighted by Gasteiger charge is 2.44. The molecule has 3 rings (SSSR count). The van der Waals surface area contributed by atoms with E-state index in [9.17, 15) is 29.6 Å². The van der Waals surface area contributed by atoms with Crippen LogP contribution in [0.3, 0.4) is 0 Å². The molecular formula is C25H24N2O7. The van der Waals surface area contributed by atoms with E-state index in [1.54, 1.807) is 30.3 Å². The molecular weight excluding hydrogens is 440 g/mol. The molecule has 0 bridgehead atoms.